The summed E-state index contributed by atoms with van der Waals surface area (Å²) in [4.78, 5) is 28.2. The van der Waals surface area contributed by atoms with Crippen molar-refractivity contribution in [3.05, 3.63) is 106 Å². The molecule has 0 aliphatic heterocycles. The number of aromatic carboxylic acids is 1. The first-order chi connectivity index (χ1) is 17.4. The fourth-order valence-electron chi connectivity index (χ4n) is 4.18. The molecule has 3 N–H and O–H groups in total. The predicted molar refractivity (Wildman–Crippen MR) is 143 cm³/mol. The molecule has 0 fully saturated rings. The molecule has 0 aliphatic carbocycles. The molecule has 3 aromatic carbocycles. The number of para-hydroxylation sites is 2. The van der Waals surface area contributed by atoms with E-state index in [0.717, 1.165) is 22.2 Å². The monoisotopic (exact) mass is 489 g/mol. The Bertz CT molecular complexity index is 1660. The van der Waals surface area contributed by atoms with Crippen molar-refractivity contribution in [2.75, 3.05) is 12.8 Å². The quantitative estimate of drug-likeness (QED) is 0.337. The first-order valence-electron chi connectivity index (χ1n) is 11.2. The molecule has 182 valence electrons. The average Bonchev–Trinajstić information content (AvgIpc) is 3.20. The summed E-state index contributed by atoms with van der Waals surface area (Å²) < 4.78 is 8.83. The summed E-state index contributed by atoms with van der Waals surface area (Å²) in [6.07, 6.45) is 0. The van der Waals surface area contributed by atoms with Gasteiger partial charge in [-0.3, -0.25) is 4.79 Å². The maximum atomic E-state index is 12.5. The van der Waals surface area contributed by atoms with Crippen LogP contribution in [0.1, 0.15) is 21.5 Å². The van der Waals surface area contributed by atoms with Gasteiger partial charge in [0.05, 0.1) is 42.5 Å². The van der Waals surface area contributed by atoms with E-state index in [4.69, 9.17) is 10.5 Å². The molecule has 2 heterocycles. The van der Waals surface area contributed by atoms with Crippen LogP contribution in [0.4, 0.5) is 5.95 Å². The number of anilines is 1. The molecule has 0 unspecified atom stereocenters. The fourth-order valence-corrected chi connectivity index (χ4v) is 4.18. The molecule has 2 aromatic heterocycles. The number of methoxy groups -OCH3 is 1. The third-order valence-electron chi connectivity index (χ3n) is 5.96. The van der Waals surface area contributed by atoms with Crippen LogP contribution >= 0.6 is 0 Å². The normalized spacial score (nSPS) is 10.7. The zero-order valence-corrected chi connectivity index (χ0v) is 19.5. The Morgan fingerprint density at radius 1 is 1.00 bits per heavy atom. The van der Waals surface area contributed by atoms with Gasteiger partial charge in [-0.2, -0.15) is 5.10 Å². The Kier molecular flexibility index (Phi) is 7.48. The molecule has 37 heavy (non-hydrogen) atoms. The fraction of sp³-hybridized carbons (Fsp3) is 0.111. The second-order valence-electron chi connectivity index (χ2n) is 8.29. The Morgan fingerprint density at radius 3 is 2.59 bits per heavy atom. The van der Waals surface area contributed by atoms with Crippen LogP contribution in [-0.4, -0.2) is 56.4 Å². The van der Waals surface area contributed by atoms with Crippen molar-refractivity contribution >= 4 is 41.8 Å². The van der Waals surface area contributed by atoms with E-state index in [-0.39, 0.29) is 36.5 Å². The Hall–Kier alpha value is -4.32. The molecule has 9 nitrogen and oxygen atoms in total. The molecule has 0 aliphatic rings. The van der Waals surface area contributed by atoms with Gasteiger partial charge in [0.1, 0.15) is 5.75 Å². The van der Waals surface area contributed by atoms with Gasteiger partial charge in [0.2, 0.25) is 5.95 Å². The van der Waals surface area contributed by atoms with Crippen molar-refractivity contribution < 1.29 is 14.6 Å². The minimum atomic E-state index is -1.03. The molecule has 0 bridgehead atoms. The van der Waals surface area contributed by atoms with Gasteiger partial charge in [0, 0.05) is 17.2 Å². The van der Waals surface area contributed by atoms with Crippen molar-refractivity contribution in [2.24, 2.45) is 0 Å². The van der Waals surface area contributed by atoms with Gasteiger partial charge in [0.15, 0.2) is 0 Å². The van der Waals surface area contributed by atoms with Crippen molar-refractivity contribution in [1.82, 2.24) is 19.3 Å². The van der Waals surface area contributed by atoms with Gasteiger partial charge in [-0.1, -0.05) is 24.3 Å². The molecule has 5 aromatic rings. The van der Waals surface area contributed by atoms with Gasteiger partial charge in [0.25, 0.3) is 5.56 Å². The van der Waals surface area contributed by atoms with E-state index in [9.17, 15) is 14.7 Å². The number of imidazole rings is 1. The van der Waals surface area contributed by atoms with Crippen molar-refractivity contribution in [2.45, 2.75) is 13.1 Å². The molecule has 0 saturated carbocycles. The van der Waals surface area contributed by atoms with Crippen LogP contribution < -0.4 is 16.0 Å². The zero-order chi connectivity index (χ0) is 25.2. The number of benzene rings is 3. The molecule has 0 radical (unpaired) electrons. The molecular weight excluding hydrogens is 465 g/mol. The number of carbonyl (C=O) groups is 1. The Labute approximate surface area is 224 Å². The second kappa shape index (κ2) is 10.7. The SMILES string of the molecule is COc1ccc(-c2ccc(=O)n(Cc3cccc(C(=O)O)c3)n2)cc1Cn1c(N)nc2ccccc21.[LiH]. The zero-order valence-electron chi connectivity index (χ0n) is 19.5. The third kappa shape index (κ3) is 5.28. The molecular formula is C27H24LiN5O4. The van der Waals surface area contributed by atoms with Crippen LogP contribution in [-0.2, 0) is 13.1 Å². The number of carboxylic acid groups (broad SMARTS) is 1. The van der Waals surface area contributed by atoms with Gasteiger partial charge < -0.3 is 20.1 Å². The minimum absolute atomic E-state index is 0. The second-order valence-corrected chi connectivity index (χ2v) is 8.29. The standard InChI is InChI=1S/C27H23N5O4.Li.H/c1-36-24-11-9-18(14-20(24)16-31-23-8-3-2-7-22(23)29-27(31)28)21-10-12-25(33)32(30-21)15-17-5-4-6-19(13-17)26(34)35;;/h2-14H,15-16H2,1H3,(H2,28,29)(H,34,35);;. The van der Waals surface area contributed by atoms with E-state index >= 15 is 0 Å². The van der Waals surface area contributed by atoms with Crippen molar-refractivity contribution in [1.29, 1.82) is 0 Å². The summed E-state index contributed by atoms with van der Waals surface area (Å²) in [7, 11) is 1.61. The number of rotatable bonds is 7. The van der Waals surface area contributed by atoms with E-state index in [0.29, 0.717) is 29.5 Å². The third-order valence-corrected chi connectivity index (χ3v) is 5.96. The van der Waals surface area contributed by atoms with Crippen LogP contribution in [0.15, 0.2) is 83.7 Å². The average molecular weight is 489 g/mol. The number of hydrogen-bond acceptors (Lipinski definition) is 6. The summed E-state index contributed by atoms with van der Waals surface area (Å²) in [6, 6.07) is 23.0. The Balaban J connectivity index is 0.00000320. The van der Waals surface area contributed by atoms with Gasteiger partial charge in [-0.15, -0.1) is 0 Å². The number of carboxylic acids is 1. The van der Waals surface area contributed by atoms with Gasteiger partial charge in [-0.05, 0) is 54.1 Å². The number of fused-ring (bicyclic) bond motifs is 1. The van der Waals surface area contributed by atoms with Crippen LogP contribution in [0.25, 0.3) is 22.3 Å². The first kappa shape index (κ1) is 25.8. The number of hydrogen-bond donors (Lipinski definition) is 2. The van der Waals surface area contributed by atoms with Crippen LogP contribution in [0.5, 0.6) is 5.75 Å². The Morgan fingerprint density at radius 2 is 1.81 bits per heavy atom. The van der Waals surface area contributed by atoms with Crippen LogP contribution in [0.2, 0.25) is 0 Å². The predicted octanol–water partition coefficient (Wildman–Crippen LogP) is 3.00. The molecule has 10 heteroatoms. The topological polar surface area (TPSA) is 125 Å². The summed E-state index contributed by atoms with van der Waals surface area (Å²) in [5.41, 5.74) is 10.7. The molecule has 0 amide bonds. The number of nitrogens with two attached hydrogens (primary N) is 1. The van der Waals surface area contributed by atoms with E-state index in [1.807, 2.05) is 47.0 Å². The molecule has 5 rings (SSSR count). The number of nitrogen functional groups attached to an aromatic ring is 1. The summed E-state index contributed by atoms with van der Waals surface area (Å²) >= 11 is 0. The number of ether oxygens (including phenoxy) is 1. The van der Waals surface area contributed by atoms with Gasteiger partial charge in [-0.25, -0.2) is 14.5 Å². The molecule has 0 saturated heterocycles. The summed E-state index contributed by atoms with van der Waals surface area (Å²) in [5, 5.41) is 13.8. The van der Waals surface area contributed by atoms with Crippen molar-refractivity contribution in [3.63, 3.8) is 0 Å². The van der Waals surface area contributed by atoms with Crippen LogP contribution in [0.3, 0.4) is 0 Å². The molecule has 0 atom stereocenters. The number of nitrogens with zero attached hydrogens (tertiary/aromatic N) is 4. The van der Waals surface area contributed by atoms with E-state index in [2.05, 4.69) is 10.1 Å². The summed E-state index contributed by atoms with van der Waals surface area (Å²) in [6.45, 7) is 0.583. The van der Waals surface area contributed by atoms with E-state index in [1.165, 1.54) is 22.9 Å². The summed E-state index contributed by atoms with van der Waals surface area (Å²) in [5.74, 6) is 0.0663. The first-order valence-corrected chi connectivity index (χ1v) is 11.2. The van der Waals surface area contributed by atoms with Crippen molar-refractivity contribution in [3.8, 4) is 17.0 Å². The number of aromatic nitrogens is 4. The maximum absolute atomic E-state index is 12.5. The molecule has 0 spiro atoms. The van der Waals surface area contributed by atoms with E-state index < -0.39 is 5.97 Å². The van der Waals surface area contributed by atoms with Gasteiger partial charge >= 0.3 is 24.8 Å². The van der Waals surface area contributed by atoms with Crippen LogP contribution in [0, 0.1) is 0 Å². The van der Waals surface area contributed by atoms with E-state index in [1.54, 1.807) is 25.3 Å².